The highest BCUT2D eigenvalue weighted by molar-refractivity contribution is 5.74. The molecular formula is C11H17F3N2O4. The number of ether oxygens (including phenoxy) is 1. The lowest BCUT2D eigenvalue weighted by Gasteiger charge is -2.20. The van der Waals surface area contributed by atoms with Crippen molar-refractivity contribution in [3.8, 4) is 0 Å². The molecule has 1 aliphatic rings. The Morgan fingerprint density at radius 3 is 2.55 bits per heavy atom. The van der Waals surface area contributed by atoms with Crippen molar-refractivity contribution in [1.82, 2.24) is 10.2 Å². The Labute approximate surface area is 113 Å². The molecule has 0 aromatic carbocycles. The van der Waals surface area contributed by atoms with Gasteiger partial charge in [-0.1, -0.05) is 0 Å². The van der Waals surface area contributed by atoms with E-state index >= 15 is 0 Å². The Balaban J connectivity index is 2.24. The zero-order valence-corrected chi connectivity index (χ0v) is 10.9. The number of carbonyl (C=O) groups is 2. The van der Waals surface area contributed by atoms with Crippen molar-refractivity contribution in [3.05, 3.63) is 0 Å². The van der Waals surface area contributed by atoms with Gasteiger partial charge in [0, 0.05) is 20.1 Å². The summed E-state index contributed by atoms with van der Waals surface area (Å²) in [6.07, 6.45) is -5.82. The van der Waals surface area contributed by atoms with Crippen LogP contribution in [0.4, 0.5) is 18.0 Å². The predicted molar refractivity (Wildman–Crippen MR) is 62.2 cm³/mol. The molecule has 0 radical (unpaired) electrons. The molecule has 1 saturated heterocycles. The average Bonchev–Trinajstić information content (AvgIpc) is 2.81. The number of alkyl halides is 3. The van der Waals surface area contributed by atoms with Crippen LogP contribution in [-0.2, 0) is 9.53 Å². The second kappa shape index (κ2) is 6.78. The van der Waals surface area contributed by atoms with Gasteiger partial charge in [0.05, 0.1) is 12.5 Å². The number of rotatable bonds is 5. The summed E-state index contributed by atoms with van der Waals surface area (Å²) < 4.78 is 41.1. The van der Waals surface area contributed by atoms with E-state index in [4.69, 9.17) is 9.84 Å². The number of carboxylic acid groups (broad SMARTS) is 1. The lowest BCUT2D eigenvalue weighted by molar-refractivity contribution is -0.149. The summed E-state index contributed by atoms with van der Waals surface area (Å²) in [5.74, 6) is -1.05. The molecule has 0 aromatic rings. The van der Waals surface area contributed by atoms with E-state index in [9.17, 15) is 22.8 Å². The van der Waals surface area contributed by atoms with Crippen LogP contribution in [0.2, 0.25) is 0 Å². The van der Waals surface area contributed by atoms with Crippen molar-refractivity contribution in [2.24, 2.45) is 0 Å². The molecule has 0 saturated carbocycles. The van der Waals surface area contributed by atoms with E-state index in [1.165, 1.54) is 7.05 Å². The molecule has 0 aliphatic carbocycles. The highest BCUT2D eigenvalue weighted by Gasteiger charge is 2.31. The van der Waals surface area contributed by atoms with Crippen LogP contribution in [0.3, 0.4) is 0 Å². The number of aliphatic carboxylic acids is 1. The third-order valence-electron chi connectivity index (χ3n) is 2.94. The molecular weight excluding hydrogens is 281 g/mol. The van der Waals surface area contributed by atoms with Crippen molar-refractivity contribution in [2.45, 2.75) is 37.6 Å². The quantitative estimate of drug-likeness (QED) is 0.799. The minimum absolute atomic E-state index is 0.0823. The molecule has 0 spiro atoms. The maximum atomic E-state index is 12.0. The highest BCUT2D eigenvalue weighted by Crippen LogP contribution is 2.20. The molecule has 2 unspecified atom stereocenters. The third-order valence-corrected chi connectivity index (χ3v) is 2.94. The first-order chi connectivity index (χ1) is 9.19. The van der Waals surface area contributed by atoms with E-state index in [1.807, 2.05) is 0 Å². The fraction of sp³-hybridized carbons (Fsp3) is 0.818. The summed E-state index contributed by atoms with van der Waals surface area (Å²) in [5, 5.41) is 11.1. The van der Waals surface area contributed by atoms with Crippen LogP contribution in [0.5, 0.6) is 0 Å². The molecule has 0 aromatic heterocycles. The molecule has 20 heavy (non-hydrogen) atoms. The van der Waals surface area contributed by atoms with E-state index in [2.05, 4.69) is 5.32 Å². The average molecular weight is 298 g/mol. The molecule has 9 heteroatoms. The van der Waals surface area contributed by atoms with E-state index in [0.717, 1.165) is 4.90 Å². The molecule has 1 heterocycles. The summed E-state index contributed by atoms with van der Waals surface area (Å²) in [6, 6.07) is -0.642. The normalized spacial score (nSPS) is 22.6. The van der Waals surface area contributed by atoms with Crippen molar-refractivity contribution in [2.75, 3.05) is 20.1 Å². The molecule has 6 nitrogen and oxygen atoms in total. The summed E-state index contributed by atoms with van der Waals surface area (Å²) in [7, 11) is 1.26. The lowest BCUT2D eigenvalue weighted by atomic mass is 10.2. The van der Waals surface area contributed by atoms with Crippen LogP contribution in [0.1, 0.15) is 19.3 Å². The SMILES string of the molecule is CN(CCC(F)(F)F)C(=O)NCC1CCC(C(=O)O)O1. The number of hydrogen-bond acceptors (Lipinski definition) is 3. The van der Waals surface area contributed by atoms with Crippen molar-refractivity contribution >= 4 is 12.0 Å². The minimum atomic E-state index is -4.31. The summed E-state index contributed by atoms with van der Waals surface area (Å²) in [5.41, 5.74) is 0. The van der Waals surface area contributed by atoms with Crippen molar-refractivity contribution in [3.63, 3.8) is 0 Å². The van der Waals surface area contributed by atoms with Gasteiger partial charge in [-0.15, -0.1) is 0 Å². The Morgan fingerprint density at radius 2 is 2.05 bits per heavy atom. The van der Waals surface area contributed by atoms with Crippen LogP contribution < -0.4 is 5.32 Å². The van der Waals surface area contributed by atoms with Crippen LogP contribution in [-0.4, -0.2) is 60.5 Å². The van der Waals surface area contributed by atoms with Gasteiger partial charge in [0.25, 0.3) is 0 Å². The van der Waals surface area contributed by atoms with Gasteiger partial charge in [0.2, 0.25) is 0 Å². The fourth-order valence-electron chi connectivity index (χ4n) is 1.77. The number of nitrogens with one attached hydrogen (secondary N) is 1. The Bertz CT molecular complexity index is 362. The maximum absolute atomic E-state index is 12.0. The number of urea groups is 1. The van der Waals surface area contributed by atoms with E-state index in [-0.39, 0.29) is 6.54 Å². The second-order valence-corrected chi connectivity index (χ2v) is 4.64. The smallest absolute Gasteiger partial charge is 0.390 e. The molecule has 2 atom stereocenters. The maximum Gasteiger partial charge on any atom is 0.390 e. The fourth-order valence-corrected chi connectivity index (χ4v) is 1.77. The van der Waals surface area contributed by atoms with Crippen molar-refractivity contribution in [1.29, 1.82) is 0 Å². The van der Waals surface area contributed by atoms with E-state index < -0.39 is 43.4 Å². The zero-order valence-electron chi connectivity index (χ0n) is 10.9. The van der Waals surface area contributed by atoms with Crippen molar-refractivity contribution < 1.29 is 32.6 Å². The number of hydrogen-bond donors (Lipinski definition) is 2. The number of carbonyl (C=O) groups excluding carboxylic acids is 1. The molecule has 1 aliphatic heterocycles. The van der Waals surface area contributed by atoms with Gasteiger partial charge < -0.3 is 20.1 Å². The van der Waals surface area contributed by atoms with Gasteiger partial charge >= 0.3 is 18.2 Å². The molecule has 0 bridgehead atoms. The summed E-state index contributed by atoms with van der Waals surface area (Å²) >= 11 is 0. The third kappa shape index (κ3) is 5.64. The zero-order chi connectivity index (χ0) is 15.3. The first-order valence-corrected chi connectivity index (χ1v) is 6.13. The lowest BCUT2D eigenvalue weighted by Crippen LogP contribution is -2.42. The molecule has 2 amide bonds. The van der Waals surface area contributed by atoms with Crippen LogP contribution >= 0.6 is 0 Å². The standard InChI is InChI=1S/C11H17F3N2O4/c1-16(5-4-11(12,13)14)10(19)15-6-7-2-3-8(20-7)9(17)18/h7-8H,2-6H2,1H3,(H,15,19)(H,17,18). The Hall–Kier alpha value is -1.51. The largest absolute Gasteiger partial charge is 0.479 e. The molecule has 116 valence electrons. The van der Waals surface area contributed by atoms with Gasteiger partial charge in [0.15, 0.2) is 6.10 Å². The molecule has 1 rings (SSSR count). The van der Waals surface area contributed by atoms with Gasteiger partial charge in [-0.3, -0.25) is 0 Å². The summed E-state index contributed by atoms with van der Waals surface area (Å²) in [6.45, 7) is -0.350. The first kappa shape index (κ1) is 16.5. The Morgan fingerprint density at radius 1 is 1.40 bits per heavy atom. The second-order valence-electron chi connectivity index (χ2n) is 4.64. The molecule has 1 fully saturated rings. The van der Waals surface area contributed by atoms with Gasteiger partial charge in [0.1, 0.15) is 0 Å². The highest BCUT2D eigenvalue weighted by atomic mass is 19.4. The molecule has 2 N–H and O–H groups in total. The Kier molecular flexibility index (Phi) is 5.61. The van der Waals surface area contributed by atoms with Crippen LogP contribution in [0.15, 0.2) is 0 Å². The number of carboxylic acids is 1. The monoisotopic (exact) mass is 298 g/mol. The van der Waals surface area contributed by atoms with Crippen LogP contribution in [0, 0.1) is 0 Å². The first-order valence-electron chi connectivity index (χ1n) is 6.13. The van der Waals surface area contributed by atoms with Gasteiger partial charge in [-0.2, -0.15) is 13.2 Å². The van der Waals surface area contributed by atoms with Crippen LogP contribution in [0.25, 0.3) is 0 Å². The van der Waals surface area contributed by atoms with E-state index in [0.29, 0.717) is 12.8 Å². The predicted octanol–water partition coefficient (Wildman–Crippen LogP) is 1.21. The number of amides is 2. The number of halogens is 3. The van der Waals surface area contributed by atoms with E-state index in [1.54, 1.807) is 0 Å². The topological polar surface area (TPSA) is 78.9 Å². The minimum Gasteiger partial charge on any atom is -0.479 e. The van der Waals surface area contributed by atoms with Gasteiger partial charge in [-0.25, -0.2) is 9.59 Å². The number of nitrogens with zero attached hydrogens (tertiary/aromatic N) is 1. The summed E-state index contributed by atoms with van der Waals surface area (Å²) in [4.78, 5) is 23.1. The van der Waals surface area contributed by atoms with Gasteiger partial charge in [-0.05, 0) is 12.8 Å².